The predicted molar refractivity (Wildman–Crippen MR) is 81.9 cm³/mol. The minimum atomic E-state index is -0.619. The summed E-state index contributed by atoms with van der Waals surface area (Å²) in [6, 6.07) is 4.29. The van der Waals surface area contributed by atoms with Crippen LogP contribution in [-0.2, 0) is 0 Å². The van der Waals surface area contributed by atoms with Crippen molar-refractivity contribution in [1.82, 2.24) is 0 Å². The van der Waals surface area contributed by atoms with E-state index in [9.17, 15) is 15.3 Å². The van der Waals surface area contributed by atoms with Crippen LogP contribution >= 0.6 is 0 Å². The molecule has 20 heavy (non-hydrogen) atoms. The highest BCUT2D eigenvalue weighted by atomic mass is 16.3. The molecular formula is C17H28O3. The van der Waals surface area contributed by atoms with E-state index in [4.69, 9.17) is 0 Å². The predicted octanol–water partition coefficient (Wildman–Crippen LogP) is 4.52. The van der Waals surface area contributed by atoms with E-state index in [0.29, 0.717) is 17.9 Å². The Hall–Kier alpha value is -1.22. The van der Waals surface area contributed by atoms with Crippen LogP contribution in [0.15, 0.2) is 18.2 Å². The summed E-state index contributed by atoms with van der Waals surface area (Å²) in [5.74, 6) is 0.589. The minimum Gasteiger partial charge on any atom is -0.508 e. The Morgan fingerprint density at radius 2 is 1.55 bits per heavy atom. The SMILES string of the molecule is CCCCCC[C@@H](C)CC[C@@H](O)c1cc(O)cc(O)c1. The Morgan fingerprint density at radius 1 is 0.900 bits per heavy atom. The summed E-state index contributed by atoms with van der Waals surface area (Å²) >= 11 is 0. The molecule has 0 aliphatic heterocycles. The third kappa shape index (κ3) is 6.29. The van der Waals surface area contributed by atoms with Gasteiger partial charge in [0.05, 0.1) is 6.10 Å². The molecule has 0 saturated heterocycles. The van der Waals surface area contributed by atoms with Gasteiger partial charge in [-0.15, -0.1) is 0 Å². The van der Waals surface area contributed by atoms with Gasteiger partial charge in [-0.3, -0.25) is 0 Å². The van der Waals surface area contributed by atoms with Crippen LogP contribution in [0.25, 0.3) is 0 Å². The molecule has 2 atom stereocenters. The summed E-state index contributed by atoms with van der Waals surface area (Å²) in [4.78, 5) is 0. The van der Waals surface area contributed by atoms with Gasteiger partial charge in [-0.05, 0) is 36.5 Å². The highest BCUT2D eigenvalue weighted by Gasteiger charge is 2.12. The first-order valence-corrected chi connectivity index (χ1v) is 7.74. The molecule has 0 radical (unpaired) electrons. The van der Waals surface area contributed by atoms with Crippen molar-refractivity contribution in [2.75, 3.05) is 0 Å². The Balaban J connectivity index is 2.33. The number of rotatable bonds is 9. The lowest BCUT2D eigenvalue weighted by atomic mass is 9.94. The molecule has 0 heterocycles. The van der Waals surface area contributed by atoms with E-state index >= 15 is 0 Å². The van der Waals surface area contributed by atoms with E-state index in [1.807, 2.05) is 0 Å². The normalized spacial score (nSPS) is 14.2. The highest BCUT2D eigenvalue weighted by Crippen LogP contribution is 2.28. The van der Waals surface area contributed by atoms with Gasteiger partial charge in [0.15, 0.2) is 0 Å². The highest BCUT2D eigenvalue weighted by molar-refractivity contribution is 5.37. The van der Waals surface area contributed by atoms with Crippen molar-refractivity contribution in [2.45, 2.75) is 64.9 Å². The summed E-state index contributed by atoms with van der Waals surface area (Å²) < 4.78 is 0. The van der Waals surface area contributed by atoms with Gasteiger partial charge in [-0.2, -0.15) is 0 Å². The van der Waals surface area contributed by atoms with Crippen LogP contribution < -0.4 is 0 Å². The minimum absolute atomic E-state index is 0.00772. The largest absolute Gasteiger partial charge is 0.508 e. The molecule has 0 aliphatic carbocycles. The van der Waals surface area contributed by atoms with Crippen molar-refractivity contribution in [3.63, 3.8) is 0 Å². The third-order valence-electron chi connectivity index (χ3n) is 3.79. The van der Waals surface area contributed by atoms with Crippen molar-refractivity contribution in [3.05, 3.63) is 23.8 Å². The molecule has 3 heteroatoms. The molecule has 1 aromatic rings. The smallest absolute Gasteiger partial charge is 0.119 e. The van der Waals surface area contributed by atoms with Gasteiger partial charge in [-0.1, -0.05) is 46.0 Å². The van der Waals surface area contributed by atoms with Crippen LogP contribution in [0.3, 0.4) is 0 Å². The van der Waals surface area contributed by atoms with Crippen molar-refractivity contribution < 1.29 is 15.3 Å². The summed E-state index contributed by atoms with van der Waals surface area (Å²) in [7, 11) is 0. The number of hydrogen-bond donors (Lipinski definition) is 3. The topological polar surface area (TPSA) is 60.7 Å². The van der Waals surface area contributed by atoms with Gasteiger partial charge >= 0.3 is 0 Å². The molecule has 0 saturated carbocycles. The standard InChI is InChI=1S/C17H28O3/c1-3-4-5-6-7-13(2)8-9-17(20)14-10-15(18)12-16(19)11-14/h10-13,17-20H,3-9H2,1-2H3/t13-,17-/m1/s1. The molecule has 1 rings (SSSR count). The van der Waals surface area contributed by atoms with Crippen molar-refractivity contribution in [1.29, 1.82) is 0 Å². The molecule has 0 amide bonds. The quantitative estimate of drug-likeness (QED) is 0.583. The molecule has 114 valence electrons. The second-order valence-electron chi connectivity index (χ2n) is 5.83. The number of aliphatic hydroxyl groups is 1. The van der Waals surface area contributed by atoms with Gasteiger partial charge in [0.25, 0.3) is 0 Å². The van der Waals surface area contributed by atoms with Crippen molar-refractivity contribution in [2.24, 2.45) is 5.92 Å². The number of aromatic hydroxyl groups is 2. The lowest BCUT2D eigenvalue weighted by Gasteiger charge is -2.15. The Kier molecular flexibility index (Phi) is 7.45. The second kappa shape index (κ2) is 8.85. The van der Waals surface area contributed by atoms with Gasteiger partial charge in [0.2, 0.25) is 0 Å². The molecular weight excluding hydrogens is 252 g/mol. The molecule has 0 aromatic heterocycles. The average Bonchev–Trinajstić information content (AvgIpc) is 2.40. The summed E-state index contributed by atoms with van der Waals surface area (Å²) in [5.41, 5.74) is 0.584. The Bertz CT molecular complexity index is 370. The first kappa shape index (κ1) is 16.8. The van der Waals surface area contributed by atoms with E-state index < -0.39 is 6.10 Å². The fraction of sp³-hybridized carbons (Fsp3) is 0.647. The molecule has 3 N–H and O–H groups in total. The molecule has 0 spiro atoms. The van der Waals surface area contributed by atoms with E-state index in [-0.39, 0.29) is 11.5 Å². The number of phenols is 2. The average molecular weight is 280 g/mol. The van der Waals surface area contributed by atoms with Crippen LogP contribution in [0.2, 0.25) is 0 Å². The molecule has 0 aliphatic rings. The van der Waals surface area contributed by atoms with Gasteiger partial charge in [0, 0.05) is 6.07 Å². The molecule has 1 aromatic carbocycles. The summed E-state index contributed by atoms with van der Waals surface area (Å²) in [5, 5.41) is 28.9. The van der Waals surface area contributed by atoms with Crippen LogP contribution in [0.1, 0.15) is 70.5 Å². The zero-order chi connectivity index (χ0) is 15.0. The van der Waals surface area contributed by atoms with Gasteiger partial charge in [-0.25, -0.2) is 0 Å². The number of phenolic OH excluding ortho intramolecular Hbond substituents is 2. The van der Waals surface area contributed by atoms with E-state index in [1.54, 1.807) is 0 Å². The van der Waals surface area contributed by atoms with Gasteiger partial charge in [0.1, 0.15) is 11.5 Å². The maximum absolute atomic E-state index is 10.1. The zero-order valence-corrected chi connectivity index (χ0v) is 12.7. The Morgan fingerprint density at radius 3 is 2.15 bits per heavy atom. The first-order chi connectivity index (χ1) is 9.52. The monoisotopic (exact) mass is 280 g/mol. The number of aliphatic hydroxyl groups excluding tert-OH is 1. The maximum Gasteiger partial charge on any atom is 0.119 e. The van der Waals surface area contributed by atoms with E-state index in [2.05, 4.69) is 13.8 Å². The van der Waals surface area contributed by atoms with Crippen LogP contribution in [-0.4, -0.2) is 15.3 Å². The fourth-order valence-corrected chi connectivity index (χ4v) is 2.48. The van der Waals surface area contributed by atoms with E-state index in [0.717, 1.165) is 6.42 Å². The molecule has 3 nitrogen and oxygen atoms in total. The van der Waals surface area contributed by atoms with E-state index in [1.165, 1.54) is 50.3 Å². The zero-order valence-electron chi connectivity index (χ0n) is 12.7. The molecule has 0 unspecified atom stereocenters. The second-order valence-corrected chi connectivity index (χ2v) is 5.83. The lowest BCUT2D eigenvalue weighted by molar-refractivity contribution is 0.156. The van der Waals surface area contributed by atoms with Gasteiger partial charge < -0.3 is 15.3 Å². The van der Waals surface area contributed by atoms with Crippen molar-refractivity contribution in [3.8, 4) is 11.5 Å². The summed E-state index contributed by atoms with van der Waals surface area (Å²) in [6.45, 7) is 4.43. The Labute approximate surface area is 122 Å². The van der Waals surface area contributed by atoms with Crippen molar-refractivity contribution >= 4 is 0 Å². The molecule has 0 bridgehead atoms. The fourth-order valence-electron chi connectivity index (χ4n) is 2.48. The van der Waals surface area contributed by atoms with Crippen LogP contribution in [0, 0.1) is 5.92 Å². The lowest BCUT2D eigenvalue weighted by Crippen LogP contribution is -2.02. The maximum atomic E-state index is 10.1. The molecule has 0 fully saturated rings. The van der Waals surface area contributed by atoms with Crippen LogP contribution in [0.5, 0.6) is 11.5 Å². The number of unbranched alkanes of at least 4 members (excludes halogenated alkanes) is 3. The third-order valence-corrected chi connectivity index (χ3v) is 3.79. The summed E-state index contributed by atoms with van der Waals surface area (Å²) in [6.07, 6.45) is 7.33. The number of benzene rings is 1. The van der Waals surface area contributed by atoms with Crippen LogP contribution in [0.4, 0.5) is 0 Å². The first-order valence-electron chi connectivity index (χ1n) is 7.74. The number of hydrogen-bond acceptors (Lipinski definition) is 3.